The first-order valence-electron chi connectivity index (χ1n) is 8.88. The quantitative estimate of drug-likeness (QED) is 0.735. The summed E-state index contributed by atoms with van der Waals surface area (Å²) in [5.41, 5.74) is 1.87. The first-order chi connectivity index (χ1) is 13.2. The van der Waals surface area contributed by atoms with Crippen LogP contribution in [0.1, 0.15) is 6.42 Å². The van der Waals surface area contributed by atoms with Crippen molar-refractivity contribution in [3.63, 3.8) is 0 Å². The number of ether oxygens (including phenoxy) is 1. The van der Waals surface area contributed by atoms with Crippen molar-refractivity contribution >= 4 is 0 Å². The molecule has 1 aliphatic heterocycles. The molecule has 2 N–H and O–H groups in total. The molecule has 4 atom stereocenters. The lowest BCUT2D eigenvalue weighted by Crippen LogP contribution is -2.46. The lowest BCUT2D eigenvalue weighted by molar-refractivity contribution is 0.0615. The standard InChI is InChI=1S/C19H18FN5O2/c20-18-15-7-11(9-22-15)19(18)27-17-4-3-14(23-24-17)13-2-1-12(8-16(13)26)25-6-5-21-10-25/h1-6,8,10-11,15,18-19,22,26H,7,9H2/t11-,15-,18-,19-/m0/s1. The van der Waals surface area contributed by atoms with Gasteiger partial charge in [-0.1, -0.05) is 0 Å². The van der Waals surface area contributed by atoms with Gasteiger partial charge in [-0.2, -0.15) is 0 Å². The molecule has 7 nitrogen and oxygen atoms in total. The molecule has 3 aromatic rings. The molecule has 2 aliphatic rings. The van der Waals surface area contributed by atoms with Gasteiger partial charge >= 0.3 is 0 Å². The van der Waals surface area contributed by atoms with E-state index in [1.54, 1.807) is 47.6 Å². The molecule has 0 spiro atoms. The fraction of sp³-hybridized carbons (Fsp3) is 0.316. The largest absolute Gasteiger partial charge is 0.507 e. The number of hydrogen-bond donors (Lipinski definition) is 2. The molecular weight excluding hydrogens is 349 g/mol. The number of nitrogens with zero attached hydrogens (tertiary/aromatic N) is 4. The predicted molar refractivity (Wildman–Crippen MR) is 95.5 cm³/mol. The molecule has 5 rings (SSSR count). The van der Waals surface area contributed by atoms with Crippen LogP contribution >= 0.6 is 0 Å². The van der Waals surface area contributed by atoms with Crippen molar-refractivity contribution < 1.29 is 14.2 Å². The summed E-state index contributed by atoms with van der Waals surface area (Å²) in [5.74, 6) is 0.562. The van der Waals surface area contributed by atoms with Gasteiger partial charge in [0.25, 0.3) is 0 Å². The summed E-state index contributed by atoms with van der Waals surface area (Å²) in [6.45, 7) is 0.776. The van der Waals surface area contributed by atoms with Crippen molar-refractivity contribution in [1.82, 2.24) is 25.1 Å². The fourth-order valence-electron chi connectivity index (χ4n) is 3.91. The Morgan fingerprint density at radius 3 is 2.81 bits per heavy atom. The molecule has 2 bridgehead atoms. The zero-order valence-corrected chi connectivity index (χ0v) is 14.4. The maximum absolute atomic E-state index is 14.2. The molecule has 2 fully saturated rings. The number of phenolic OH excluding ortho intramolecular Hbond substituents is 1. The summed E-state index contributed by atoms with van der Waals surface area (Å²) >= 11 is 0. The molecule has 0 radical (unpaired) electrons. The van der Waals surface area contributed by atoms with E-state index in [2.05, 4.69) is 20.5 Å². The Hall–Kier alpha value is -3.00. The van der Waals surface area contributed by atoms with Gasteiger partial charge in [0, 0.05) is 48.6 Å². The molecule has 1 saturated carbocycles. The van der Waals surface area contributed by atoms with Gasteiger partial charge < -0.3 is 19.7 Å². The summed E-state index contributed by atoms with van der Waals surface area (Å²) in [7, 11) is 0. The van der Waals surface area contributed by atoms with Crippen LogP contribution in [0.2, 0.25) is 0 Å². The van der Waals surface area contributed by atoms with Gasteiger partial charge in [-0.15, -0.1) is 10.2 Å². The number of rotatable bonds is 4. The average molecular weight is 367 g/mol. The highest BCUT2D eigenvalue weighted by atomic mass is 19.1. The molecule has 1 aliphatic carbocycles. The van der Waals surface area contributed by atoms with Crippen molar-refractivity contribution in [3.8, 4) is 28.6 Å². The minimum atomic E-state index is -1.02. The van der Waals surface area contributed by atoms with E-state index in [0.717, 1.165) is 18.7 Å². The second-order valence-corrected chi connectivity index (χ2v) is 6.97. The number of fused-ring (bicyclic) bond motifs is 2. The van der Waals surface area contributed by atoms with E-state index in [-0.39, 0.29) is 17.7 Å². The molecule has 0 unspecified atom stereocenters. The molecule has 2 aromatic heterocycles. The van der Waals surface area contributed by atoms with E-state index in [1.807, 2.05) is 6.07 Å². The Kier molecular flexibility index (Phi) is 3.78. The van der Waals surface area contributed by atoms with Crippen LogP contribution in [0.3, 0.4) is 0 Å². The van der Waals surface area contributed by atoms with Gasteiger partial charge in [-0.05, 0) is 24.6 Å². The van der Waals surface area contributed by atoms with Crippen LogP contribution in [0.4, 0.5) is 4.39 Å². The van der Waals surface area contributed by atoms with Crippen LogP contribution in [0.5, 0.6) is 11.6 Å². The Morgan fingerprint density at radius 2 is 2.15 bits per heavy atom. The maximum Gasteiger partial charge on any atom is 0.233 e. The third-order valence-electron chi connectivity index (χ3n) is 5.32. The Bertz CT molecular complexity index is 945. The van der Waals surface area contributed by atoms with E-state index in [0.29, 0.717) is 17.1 Å². The van der Waals surface area contributed by atoms with Crippen molar-refractivity contribution in [2.45, 2.75) is 24.7 Å². The normalized spacial score (nSPS) is 26.4. The number of aromatic hydroxyl groups is 1. The fourth-order valence-corrected chi connectivity index (χ4v) is 3.91. The number of benzene rings is 1. The topological polar surface area (TPSA) is 85.1 Å². The van der Waals surface area contributed by atoms with Crippen LogP contribution in [-0.4, -0.2) is 49.7 Å². The van der Waals surface area contributed by atoms with E-state index < -0.39 is 12.3 Å². The molecule has 8 heteroatoms. The monoisotopic (exact) mass is 367 g/mol. The lowest BCUT2D eigenvalue weighted by Gasteiger charge is -2.26. The third kappa shape index (κ3) is 2.82. The van der Waals surface area contributed by atoms with Crippen LogP contribution in [-0.2, 0) is 0 Å². The maximum atomic E-state index is 14.2. The zero-order valence-electron chi connectivity index (χ0n) is 14.4. The Morgan fingerprint density at radius 1 is 1.22 bits per heavy atom. The summed E-state index contributed by atoms with van der Waals surface area (Å²) < 4.78 is 21.8. The van der Waals surface area contributed by atoms with Crippen LogP contribution in [0.25, 0.3) is 16.9 Å². The molecule has 1 aromatic carbocycles. The first-order valence-corrected chi connectivity index (χ1v) is 8.88. The zero-order chi connectivity index (χ0) is 18.4. The van der Waals surface area contributed by atoms with Crippen LogP contribution < -0.4 is 10.1 Å². The molecule has 3 heterocycles. The SMILES string of the molecule is Oc1cc(-n2ccnc2)ccc1-c1ccc(O[C@H]2[C@@H]3CN[C@@H](C3)[C@@H]2F)nn1. The number of aromatic nitrogens is 4. The molecule has 27 heavy (non-hydrogen) atoms. The van der Waals surface area contributed by atoms with Gasteiger partial charge in [0.2, 0.25) is 5.88 Å². The highest BCUT2D eigenvalue weighted by Gasteiger charge is 2.50. The number of halogens is 1. The van der Waals surface area contributed by atoms with Crippen molar-refractivity contribution in [3.05, 3.63) is 49.1 Å². The first kappa shape index (κ1) is 16.2. The second-order valence-electron chi connectivity index (χ2n) is 6.97. The number of hydrogen-bond acceptors (Lipinski definition) is 6. The summed E-state index contributed by atoms with van der Waals surface area (Å²) in [6, 6.07) is 8.54. The van der Waals surface area contributed by atoms with E-state index in [4.69, 9.17) is 4.74 Å². The number of imidazole rings is 1. The molecule has 138 valence electrons. The highest BCUT2D eigenvalue weighted by molar-refractivity contribution is 5.68. The van der Waals surface area contributed by atoms with Crippen molar-refractivity contribution in [2.75, 3.05) is 6.54 Å². The Balaban J connectivity index is 1.34. The lowest BCUT2D eigenvalue weighted by atomic mass is 10.1. The summed E-state index contributed by atoms with van der Waals surface area (Å²) in [6.07, 6.45) is 4.43. The number of alkyl halides is 1. The van der Waals surface area contributed by atoms with Crippen LogP contribution in [0.15, 0.2) is 49.1 Å². The van der Waals surface area contributed by atoms with E-state index >= 15 is 0 Å². The van der Waals surface area contributed by atoms with Crippen molar-refractivity contribution in [2.24, 2.45) is 5.92 Å². The highest BCUT2D eigenvalue weighted by Crippen LogP contribution is 2.36. The average Bonchev–Trinajstić information content (AvgIpc) is 3.42. The van der Waals surface area contributed by atoms with Crippen LogP contribution in [0, 0.1) is 5.92 Å². The summed E-state index contributed by atoms with van der Waals surface area (Å²) in [5, 5.41) is 21.7. The third-order valence-corrected chi connectivity index (χ3v) is 5.32. The van der Waals surface area contributed by atoms with E-state index in [9.17, 15) is 9.50 Å². The molecular formula is C19H18FN5O2. The predicted octanol–water partition coefficient (Wildman–Crippen LogP) is 2.11. The van der Waals surface area contributed by atoms with Gasteiger partial charge in [0.05, 0.1) is 17.7 Å². The minimum absolute atomic E-state index is 0.0900. The number of nitrogens with one attached hydrogen (secondary N) is 1. The minimum Gasteiger partial charge on any atom is -0.507 e. The molecule has 1 saturated heterocycles. The van der Waals surface area contributed by atoms with Crippen molar-refractivity contribution in [1.29, 1.82) is 0 Å². The van der Waals surface area contributed by atoms with Gasteiger partial charge in [-0.25, -0.2) is 9.37 Å². The van der Waals surface area contributed by atoms with Gasteiger partial charge in [0.1, 0.15) is 11.9 Å². The Labute approximate surface area is 154 Å². The van der Waals surface area contributed by atoms with E-state index in [1.165, 1.54) is 0 Å². The van der Waals surface area contributed by atoms with Gasteiger partial charge in [0.15, 0.2) is 6.17 Å². The summed E-state index contributed by atoms with van der Waals surface area (Å²) in [4.78, 5) is 3.99. The second kappa shape index (κ2) is 6.31. The number of piperidine rings is 1. The molecule has 0 amide bonds. The van der Waals surface area contributed by atoms with Gasteiger partial charge in [-0.3, -0.25) is 0 Å². The smallest absolute Gasteiger partial charge is 0.233 e. The number of phenols is 1.